The van der Waals surface area contributed by atoms with Gasteiger partial charge in [-0.3, -0.25) is 0 Å². The Kier molecular flexibility index (Phi) is 6.96. The summed E-state index contributed by atoms with van der Waals surface area (Å²) in [5.74, 6) is 2.25. The smallest absolute Gasteiger partial charge is 0.160 e. The first-order valence-electron chi connectivity index (χ1n) is 17.8. The van der Waals surface area contributed by atoms with Crippen molar-refractivity contribution in [2.24, 2.45) is 0 Å². The van der Waals surface area contributed by atoms with Crippen LogP contribution >= 0.6 is 0 Å². The molecule has 248 valence electrons. The number of rotatable bonds is 5. The first-order chi connectivity index (χ1) is 26.1. The van der Waals surface area contributed by atoms with Crippen LogP contribution < -0.4 is 4.74 Å². The molecule has 0 saturated heterocycles. The highest BCUT2D eigenvalue weighted by Gasteiger charge is 2.48. The van der Waals surface area contributed by atoms with Crippen LogP contribution in [0.3, 0.4) is 0 Å². The third-order valence-corrected chi connectivity index (χ3v) is 10.8. The minimum absolute atomic E-state index is 0.477. The van der Waals surface area contributed by atoms with Gasteiger partial charge in [0.05, 0.1) is 28.4 Å². The summed E-state index contributed by atoms with van der Waals surface area (Å²) in [6.45, 7) is 2.25. The Morgan fingerprint density at radius 2 is 1.02 bits per heavy atom. The minimum Gasteiger partial charge on any atom is -0.457 e. The third kappa shape index (κ3) is 4.90. The number of hydrogen-bond donors (Lipinski definition) is 0. The van der Waals surface area contributed by atoms with Crippen LogP contribution in [-0.4, -0.2) is 9.97 Å². The van der Waals surface area contributed by atoms with Gasteiger partial charge in [-0.25, -0.2) is 9.97 Å². The largest absolute Gasteiger partial charge is 0.457 e. The van der Waals surface area contributed by atoms with Crippen molar-refractivity contribution in [1.29, 1.82) is 5.26 Å². The van der Waals surface area contributed by atoms with E-state index < -0.39 is 5.41 Å². The lowest BCUT2D eigenvalue weighted by atomic mass is 9.72. The van der Waals surface area contributed by atoms with Crippen LogP contribution in [0.4, 0.5) is 0 Å². The van der Waals surface area contributed by atoms with E-state index in [2.05, 4.69) is 146 Å². The number of fused-ring (bicyclic) bond motifs is 5. The Bertz CT molecular complexity index is 2650. The zero-order valence-corrected chi connectivity index (χ0v) is 28.9. The molecule has 1 aliphatic heterocycles. The zero-order valence-electron chi connectivity index (χ0n) is 28.9. The number of nitriles is 1. The van der Waals surface area contributed by atoms with Crippen molar-refractivity contribution >= 4 is 0 Å². The third-order valence-electron chi connectivity index (χ3n) is 10.8. The summed E-state index contributed by atoms with van der Waals surface area (Å²) in [5, 5.41) is 10.4. The molecule has 1 aliphatic carbocycles. The van der Waals surface area contributed by atoms with Gasteiger partial charge in [-0.15, -0.1) is 0 Å². The number of ether oxygens (including phenoxy) is 1. The molecular formula is C49H31N3O. The van der Waals surface area contributed by atoms with Crippen molar-refractivity contribution in [3.8, 4) is 84.9 Å². The van der Waals surface area contributed by atoms with E-state index in [-0.39, 0.29) is 0 Å². The second-order valence-corrected chi connectivity index (χ2v) is 13.8. The minimum atomic E-state index is -0.477. The maximum Gasteiger partial charge on any atom is 0.160 e. The first kappa shape index (κ1) is 30.7. The van der Waals surface area contributed by atoms with Crippen molar-refractivity contribution < 1.29 is 4.74 Å². The molecule has 0 fully saturated rings. The van der Waals surface area contributed by atoms with Gasteiger partial charge >= 0.3 is 0 Å². The summed E-state index contributed by atoms with van der Waals surface area (Å²) in [6, 6.07) is 61.0. The van der Waals surface area contributed by atoms with Crippen LogP contribution in [0.5, 0.6) is 11.5 Å². The summed E-state index contributed by atoms with van der Waals surface area (Å²) in [5.41, 5.74) is 14.5. The summed E-state index contributed by atoms with van der Waals surface area (Å²) in [7, 11) is 0. The van der Waals surface area contributed by atoms with Crippen LogP contribution in [0, 0.1) is 11.3 Å². The quantitative estimate of drug-likeness (QED) is 0.182. The molecule has 53 heavy (non-hydrogen) atoms. The maximum atomic E-state index is 10.4. The zero-order chi connectivity index (χ0) is 35.5. The Balaban J connectivity index is 1.14. The molecule has 2 aliphatic rings. The highest BCUT2D eigenvalue weighted by Crippen LogP contribution is 2.61. The van der Waals surface area contributed by atoms with Crippen molar-refractivity contribution in [3.63, 3.8) is 0 Å². The van der Waals surface area contributed by atoms with Crippen LogP contribution in [0.2, 0.25) is 0 Å². The van der Waals surface area contributed by atoms with Gasteiger partial charge in [0.15, 0.2) is 5.82 Å². The van der Waals surface area contributed by atoms with Gasteiger partial charge in [0, 0.05) is 33.4 Å². The van der Waals surface area contributed by atoms with Crippen LogP contribution in [-0.2, 0) is 5.41 Å². The Morgan fingerprint density at radius 1 is 0.491 bits per heavy atom. The molecule has 4 nitrogen and oxygen atoms in total. The van der Waals surface area contributed by atoms with Gasteiger partial charge < -0.3 is 4.74 Å². The van der Waals surface area contributed by atoms with E-state index in [1.165, 1.54) is 11.1 Å². The van der Waals surface area contributed by atoms with Crippen molar-refractivity contribution in [1.82, 2.24) is 9.97 Å². The average Bonchev–Trinajstić information content (AvgIpc) is 3.51. The van der Waals surface area contributed by atoms with E-state index in [0.717, 1.165) is 78.5 Å². The normalized spacial score (nSPS) is 14.7. The van der Waals surface area contributed by atoms with Crippen molar-refractivity contribution in [2.45, 2.75) is 12.3 Å². The number of hydrogen-bond acceptors (Lipinski definition) is 4. The number of para-hydroxylation sites is 1. The van der Waals surface area contributed by atoms with Crippen LogP contribution in [0.15, 0.2) is 170 Å². The van der Waals surface area contributed by atoms with Crippen molar-refractivity contribution in [3.05, 3.63) is 192 Å². The predicted molar refractivity (Wildman–Crippen MR) is 211 cm³/mol. The summed E-state index contributed by atoms with van der Waals surface area (Å²) in [4.78, 5) is 10.4. The predicted octanol–water partition coefficient (Wildman–Crippen LogP) is 12.1. The molecule has 1 unspecified atom stereocenters. The summed E-state index contributed by atoms with van der Waals surface area (Å²) in [6.07, 6.45) is 0. The summed E-state index contributed by atoms with van der Waals surface area (Å²) >= 11 is 0. The monoisotopic (exact) mass is 677 g/mol. The van der Waals surface area contributed by atoms with Gasteiger partial charge in [-0.05, 0) is 70.6 Å². The second kappa shape index (κ2) is 12.0. The molecule has 0 N–H and O–H groups in total. The highest BCUT2D eigenvalue weighted by atomic mass is 16.5. The average molecular weight is 678 g/mol. The van der Waals surface area contributed by atoms with Crippen LogP contribution in [0.1, 0.15) is 29.2 Å². The lowest BCUT2D eigenvalue weighted by molar-refractivity contribution is 0.431. The molecular weight excluding hydrogens is 647 g/mol. The molecule has 8 aromatic rings. The maximum absolute atomic E-state index is 10.4. The second-order valence-electron chi connectivity index (χ2n) is 13.8. The Labute approximate surface area is 308 Å². The van der Waals surface area contributed by atoms with E-state index in [1.54, 1.807) is 0 Å². The lowest BCUT2D eigenvalue weighted by Gasteiger charge is -2.35. The number of nitrogens with zero attached hydrogens (tertiary/aromatic N) is 3. The topological polar surface area (TPSA) is 58.8 Å². The first-order valence-corrected chi connectivity index (χ1v) is 17.8. The van der Waals surface area contributed by atoms with E-state index in [0.29, 0.717) is 11.4 Å². The van der Waals surface area contributed by atoms with Crippen molar-refractivity contribution in [2.75, 3.05) is 0 Å². The fourth-order valence-corrected chi connectivity index (χ4v) is 8.17. The fourth-order valence-electron chi connectivity index (χ4n) is 8.17. The highest BCUT2D eigenvalue weighted by molar-refractivity contribution is 5.92. The molecule has 4 heteroatoms. The van der Waals surface area contributed by atoms with Gasteiger partial charge in [0.25, 0.3) is 0 Å². The molecule has 0 bridgehead atoms. The van der Waals surface area contributed by atoms with E-state index in [4.69, 9.17) is 14.7 Å². The van der Waals surface area contributed by atoms with E-state index in [1.807, 2.05) is 36.4 Å². The lowest BCUT2D eigenvalue weighted by Crippen LogP contribution is -2.26. The van der Waals surface area contributed by atoms with Gasteiger partial charge in [-0.1, -0.05) is 140 Å². The molecule has 0 spiro atoms. The molecule has 2 heterocycles. The van der Waals surface area contributed by atoms with Crippen LogP contribution in [0.25, 0.3) is 67.3 Å². The van der Waals surface area contributed by atoms with Gasteiger partial charge in [-0.2, -0.15) is 5.26 Å². The standard InChI is InChI=1S/C49H31N3O/c1-49-40-26-24-37(28-39(40)46-38(30-50)25-27-45(47(46)49)53-44-15-9-8-14-41(44)49)48-51-42(35-20-16-33(17-21-35)31-10-4-2-5-11-31)29-43(52-48)36-22-18-34(19-23-36)32-12-6-3-7-13-32/h2-29H,1H3. The molecule has 1 aromatic heterocycles. The fraction of sp³-hybridized carbons (Fsp3) is 0.0408. The molecule has 7 aromatic carbocycles. The molecule has 10 rings (SSSR count). The molecule has 1 atom stereocenters. The number of benzene rings is 7. The van der Waals surface area contributed by atoms with E-state index in [9.17, 15) is 5.26 Å². The number of aromatic nitrogens is 2. The molecule has 0 radical (unpaired) electrons. The SMILES string of the molecule is CC12c3ccccc3Oc3ccc(C#N)c(c31)-c1cc(-c3nc(-c4ccc(-c5ccccc5)cc4)cc(-c4ccc(-c5ccccc5)cc4)n3)ccc12. The Morgan fingerprint density at radius 3 is 1.62 bits per heavy atom. The van der Waals surface area contributed by atoms with Gasteiger partial charge in [0.2, 0.25) is 0 Å². The molecule has 0 amide bonds. The van der Waals surface area contributed by atoms with Gasteiger partial charge in [0.1, 0.15) is 11.5 Å². The Hall–Kier alpha value is -7.09. The summed E-state index contributed by atoms with van der Waals surface area (Å²) < 4.78 is 6.45. The molecule has 0 saturated carbocycles. The van der Waals surface area contributed by atoms with E-state index >= 15 is 0 Å².